The lowest BCUT2D eigenvalue weighted by Crippen LogP contribution is -1.99. The quantitative estimate of drug-likeness (QED) is 0.617. The van der Waals surface area contributed by atoms with Crippen LogP contribution in [0, 0.1) is 10.1 Å². The highest BCUT2D eigenvalue weighted by atomic mass is 32.1. The first-order chi connectivity index (χ1) is 8.16. The lowest BCUT2D eigenvalue weighted by Gasteiger charge is -2.09. The molecular formula is C11H11N3O2S. The Bertz CT molecular complexity index is 513. The molecule has 5 nitrogen and oxygen atoms in total. The van der Waals surface area contributed by atoms with Gasteiger partial charge in [-0.3, -0.25) is 10.1 Å². The summed E-state index contributed by atoms with van der Waals surface area (Å²) in [5.74, 6) is 0.197. The number of hydrogen-bond donors (Lipinski definition) is 0. The third kappa shape index (κ3) is 2.85. The second-order valence-corrected chi connectivity index (χ2v) is 4.71. The molecule has 0 amide bonds. The van der Waals surface area contributed by atoms with E-state index in [0.717, 1.165) is 17.0 Å². The Kier molecular flexibility index (Phi) is 3.43. The molecule has 0 bridgehead atoms. The minimum absolute atomic E-state index is 0.131. The monoisotopic (exact) mass is 249 g/mol. The third-order valence-electron chi connectivity index (χ3n) is 2.54. The van der Waals surface area contributed by atoms with E-state index in [9.17, 15) is 10.1 Å². The average Bonchev–Trinajstić information content (AvgIpc) is 2.82. The van der Waals surface area contributed by atoms with Crippen molar-refractivity contribution in [3.05, 3.63) is 50.5 Å². The van der Waals surface area contributed by atoms with Crippen LogP contribution in [-0.2, 0) is 6.42 Å². The summed E-state index contributed by atoms with van der Waals surface area (Å²) >= 11 is 1.50. The Morgan fingerprint density at radius 3 is 3.00 bits per heavy atom. The number of benzene rings is 1. The number of hydrogen-bond acceptors (Lipinski definition) is 5. The molecule has 1 aromatic carbocycles. The predicted molar refractivity (Wildman–Crippen MR) is 65.1 cm³/mol. The van der Waals surface area contributed by atoms with Crippen molar-refractivity contribution in [3.8, 4) is 0 Å². The van der Waals surface area contributed by atoms with E-state index in [2.05, 4.69) is 10.2 Å². The molecule has 1 heterocycles. The van der Waals surface area contributed by atoms with Crippen molar-refractivity contribution < 1.29 is 4.92 Å². The van der Waals surface area contributed by atoms with Crippen molar-refractivity contribution >= 4 is 17.0 Å². The van der Waals surface area contributed by atoms with E-state index in [4.69, 9.17) is 0 Å². The maximum atomic E-state index is 10.7. The van der Waals surface area contributed by atoms with Gasteiger partial charge in [-0.15, -0.1) is 21.5 Å². The van der Waals surface area contributed by atoms with E-state index in [0.29, 0.717) is 0 Å². The van der Waals surface area contributed by atoms with Crippen LogP contribution in [0.5, 0.6) is 0 Å². The van der Waals surface area contributed by atoms with E-state index in [1.807, 2.05) is 13.0 Å². The number of non-ortho nitro benzene ring substituents is 1. The summed E-state index contributed by atoms with van der Waals surface area (Å²) in [6.07, 6.45) is 0.756. The van der Waals surface area contributed by atoms with Gasteiger partial charge in [0.2, 0.25) is 0 Å². The van der Waals surface area contributed by atoms with Gasteiger partial charge >= 0.3 is 0 Å². The second kappa shape index (κ2) is 5.01. The Hall–Kier alpha value is -1.82. The van der Waals surface area contributed by atoms with E-state index >= 15 is 0 Å². The molecule has 17 heavy (non-hydrogen) atoms. The molecule has 0 saturated carbocycles. The molecule has 0 N–H and O–H groups in total. The van der Waals surface area contributed by atoms with Crippen molar-refractivity contribution in [2.75, 3.05) is 0 Å². The Labute approximate surface area is 102 Å². The Morgan fingerprint density at radius 1 is 1.53 bits per heavy atom. The van der Waals surface area contributed by atoms with Gasteiger partial charge in [0.05, 0.1) is 4.92 Å². The zero-order valence-corrected chi connectivity index (χ0v) is 10.1. The van der Waals surface area contributed by atoms with Crippen LogP contribution in [-0.4, -0.2) is 15.1 Å². The van der Waals surface area contributed by atoms with E-state index in [1.54, 1.807) is 17.6 Å². The number of nitro groups is 1. The van der Waals surface area contributed by atoms with Crippen molar-refractivity contribution in [1.29, 1.82) is 0 Å². The highest BCUT2D eigenvalue weighted by Gasteiger charge is 2.12. The highest BCUT2D eigenvalue weighted by molar-refractivity contribution is 7.09. The summed E-state index contributed by atoms with van der Waals surface area (Å²) in [5, 5.41) is 19.4. The maximum absolute atomic E-state index is 10.7. The molecular weight excluding hydrogens is 238 g/mol. The van der Waals surface area contributed by atoms with Gasteiger partial charge in [0, 0.05) is 18.6 Å². The molecule has 1 atom stereocenters. The van der Waals surface area contributed by atoms with Gasteiger partial charge in [0.25, 0.3) is 5.69 Å². The summed E-state index contributed by atoms with van der Waals surface area (Å²) in [6, 6.07) is 6.73. The number of rotatable bonds is 4. The van der Waals surface area contributed by atoms with Crippen LogP contribution in [0.2, 0.25) is 0 Å². The van der Waals surface area contributed by atoms with Crippen molar-refractivity contribution in [1.82, 2.24) is 10.2 Å². The topological polar surface area (TPSA) is 68.9 Å². The summed E-state index contributed by atoms with van der Waals surface area (Å²) < 4.78 is 0. The fourth-order valence-electron chi connectivity index (χ4n) is 1.61. The van der Waals surface area contributed by atoms with Crippen LogP contribution in [0.4, 0.5) is 5.69 Å². The molecule has 0 spiro atoms. The van der Waals surface area contributed by atoms with Gasteiger partial charge in [0.1, 0.15) is 10.5 Å². The van der Waals surface area contributed by atoms with E-state index in [1.165, 1.54) is 17.4 Å². The summed E-state index contributed by atoms with van der Waals surface area (Å²) in [5.41, 5.74) is 2.77. The summed E-state index contributed by atoms with van der Waals surface area (Å²) in [4.78, 5) is 10.3. The van der Waals surface area contributed by atoms with Crippen LogP contribution in [0.15, 0.2) is 29.8 Å². The van der Waals surface area contributed by atoms with Gasteiger partial charge < -0.3 is 0 Å². The molecule has 6 heteroatoms. The zero-order chi connectivity index (χ0) is 12.3. The average molecular weight is 249 g/mol. The van der Waals surface area contributed by atoms with E-state index in [-0.39, 0.29) is 16.5 Å². The molecule has 0 fully saturated rings. The maximum Gasteiger partial charge on any atom is 0.269 e. The normalized spacial score (nSPS) is 12.3. The molecule has 2 rings (SSSR count). The van der Waals surface area contributed by atoms with Crippen molar-refractivity contribution in [2.45, 2.75) is 19.3 Å². The lowest BCUT2D eigenvalue weighted by atomic mass is 9.98. The lowest BCUT2D eigenvalue weighted by molar-refractivity contribution is -0.384. The first-order valence-corrected chi connectivity index (χ1v) is 6.04. The van der Waals surface area contributed by atoms with Gasteiger partial charge in [-0.1, -0.05) is 19.1 Å². The minimum Gasteiger partial charge on any atom is -0.258 e. The molecule has 1 unspecified atom stereocenters. The molecule has 1 aromatic heterocycles. The van der Waals surface area contributed by atoms with Crippen LogP contribution >= 0.6 is 11.3 Å². The van der Waals surface area contributed by atoms with Crippen LogP contribution in [0.25, 0.3) is 0 Å². The second-order valence-electron chi connectivity index (χ2n) is 3.79. The fourth-order valence-corrected chi connectivity index (χ4v) is 2.27. The molecule has 0 radical (unpaired) electrons. The van der Waals surface area contributed by atoms with Gasteiger partial charge in [0.15, 0.2) is 0 Å². The minimum atomic E-state index is -0.374. The van der Waals surface area contributed by atoms with Crippen molar-refractivity contribution in [3.63, 3.8) is 0 Å². The number of nitrogens with zero attached hydrogens (tertiary/aromatic N) is 3. The zero-order valence-electron chi connectivity index (χ0n) is 9.24. The van der Waals surface area contributed by atoms with Gasteiger partial charge in [-0.25, -0.2) is 0 Å². The van der Waals surface area contributed by atoms with Crippen molar-refractivity contribution in [2.24, 2.45) is 0 Å². The van der Waals surface area contributed by atoms with E-state index < -0.39 is 0 Å². The predicted octanol–water partition coefficient (Wildman–Crippen LogP) is 2.79. The molecule has 0 aliphatic heterocycles. The van der Waals surface area contributed by atoms with Crippen LogP contribution < -0.4 is 0 Å². The number of nitro benzene ring substituents is 1. The largest absolute Gasteiger partial charge is 0.269 e. The summed E-state index contributed by atoms with van der Waals surface area (Å²) in [7, 11) is 0. The third-order valence-corrected chi connectivity index (χ3v) is 3.26. The summed E-state index contributed by atoms with van der Waals surface area (Å²) in [6.45, 7) is 2.03. The number of aromatic nitrogens is 2. The van der Waals surface area contributed by atoms with Gasteiger partial charge in [-0.2, -0.15) is 0 Å². The Morgan fingerprint density at radius 2 is 2.35 bits per heavy atom. The first-order valence-electron chi connectivity index (χ1n) is 5.16. The highest BCUT2D eigenvalue weighted by Crippen LogP contribution is 2.24. The molecule has 0 aliphatic carbocycles. The fraction of sp³-hybridized carbons (Fsp3) is 0.273. The van der Waals surface area contributed by atoms with Crippen LogP contribution in [0.3, 0.4) is 0 Å². The molecule has 88 valence electrons. The van der Waals surface area contributed by atoms with Gasteiger partial charge in [-0.05, 0) is 11.5 Å². The smallest absolute Gasteiger partial charge is 0.258 e. The first kappa shape index (κ1) is 11.7. The molecule has 2 aromatic rings. The molecule has 0 saturated heterocycles. The molecule has 0 aliphatic rings. The SMILES string of the molecule is CC(Cc1nncs1)c1cccc([N+](=O)[O-])c1. The van der Waals surface area contributed by atoms with Crippen LogP contribution in [0.1, 0.15) is 23.4 Å². The standard InChI is InChI=1S/C11H11N3O2S/c1-8(5-11-13-12-7-17-11)9-3-2-4-10(6-9)14(15)16/h2-4,6-8H,5H2,1H3. The Balaban J connectivity index is 2.16.